The van der Waals surface area contributed by atoms with Crippen LogP contribution in [0.2, 0.25) is 5.02 Å². The first-order valence-electron chi connectivity index (χ1n) is 10.4. The topological polar surface area (TPSA) is 175 Å². The summed E-state index contributed by atoms with van der Waals surface area (Å²) in [7, 11) is 0. The third-order valence-corrected chi connectivity index (χ3v) is 6.28. The summed E-state index contributed by atoms with van der Waals surface area (Å²) in [6.45, 7) is 0.250. The Hall–Kier alpha value is -4.04. The van der Waals surface area contributed by atoms with Crippen LogP contribution in [-0.4, -0.2) is 26.1 Å². The van der Waals surface area contributed by atoms with Crippen molar-refractivity contribution in [3.05, 3.63) is 81.0 Å². The van der Waals surface area contributed by atoms with E-state index in [1.54, 1.807) is 18.2 Å². The molecule has 170 valence electrons. The van der Waals surface area contributed by atoms with Crippen molar-refractivity contribution in [1.82, 2.24) is 24.8 Å². The number of nitrogens with two attached hydrogens (primary N) is 3. The number of aromatic nitrogens is 4. The van der Waals surface area contributed by atoms with Crippen molar-refractivity contribution >= 4 is 34.3 Å². The van der Waals surface area contributed by atoms with E-state index in [1.807, 2.05) is 36.4 Å². The van der Waals surface area contributed by atoms with Crippen molar-refractivity contribution in [2.45, 2.75) is 18.0 Å². The van der Waals surface area contributed by atoms with Crippen LogP contribution in [-0.2, 0) is 5.54 Å². The molecule has 3 heterocycles. The second-order valence-electron chi connectivity index (χ2n) is 8.18. The van der Waals surface area contributed by atoms with Crippen LogP contribution in [0.15, 0.2) is 53.3 Å². The van der Waals surface area contributed by atoms with Gasteiger partial charge in [-0.3, -0.25) is 9.36 Å². The Morgan fingerprint density at radius 2 is 1.88 bits per heavy atom. The third-order valence-electron chi connectivity index (χ3n) is 5.97. The lowest BCUT2D eigenvalue weighted by Crippen LogP contribution is -2.41. The maximum absolute atomic E-state index is 13.6. The van der Waals surface area contributed by atoms with E-state index in [4.69, 9.17) is 33.8 Å². The number of fused-ring (bicyclic) bond motifs is 1. The minimum absolute atomic E-state index is 0.0297. The van der Waals surface area contributed by atoms with E-state index in [-0.39, 0.29) is 41.5 Å². The zero-order chi connectivity index (χ0) is 24.0. The Morgan fingerprint density at radius 3 is 2.62 bits per heavy atom. The standard InChI is InChI=1S/C23H20ClN9O/c24-14-7-4-8-15-17(14)21(34)33(12-5-2-1-3-6-12)20(30-15)16-9-23(28,11-29-16)18-13(10-25)19(26)32-22(27)31-18/h1-8,16,29H,9,11,28H2,(H4,26,27,31,32)/t16-,23+/m0/s1. The molecule has 0 radical (unpaired) electrons. The summed E-state index contributed by atoms with van der Waals surface area (Å²) in [6, 6.07) is 15.9. The minimum atomic E-state index is -1.09. The van der Waals surface area contributed by atoms with Gasteiger partial charge in [-0.25, -0.2) is 9.97 Å². The Bertz CT molecular complexity index is 1530. The molecule has 0 bridgehead atoms. The van der Waals surface area contributed by atoms with Gasteiger partial charge in [-0.15, -0.1) is 0 Å². The Labute approximate surface area is 199 Å². The van der Waals surface area contributed by atoms with E-state index in [0.717, 1.165) is 0 Å². The van der Waals surface area contributed by atoms with Crippen LogP contribution in [0.3, 0.4) is 0 Å². The molecule has 7 N–H and O–H groups in total. The van der Waals surface area contributed by atoms with Gasteiger partial charge in [0, 0.05) is 6.54 Å². The molecular weight excluding hydrogens is 454 g/mol. The van der Waals surface area contributed by atoms with Crippen LogP contribution in [0.25, 0.3) is 16.6 Å². The Kier molecular flexibility index (Phi) is 5.17. The predicted octanol–water partition coefficient (Wildman–Crippen LogP) is 1.75. The van der Waals surface area contributed by atoms with Gasteiger partial charge in [0.1, 0.15) is 23.3 Å². The number of rotatable bonds is 3. The summed E-state index contributed by atoms with van der Waals surface area (Å²) in [5.41, 5.74) is 18.5. The summed E-state index contributed by atoms with van der Waals surface area (Å²) in [5.74, 6) is 0.365. The highest BCUT2D eigenvalue weighted by molar-refractivity contribution is 6.35. The number of nitrogens with one attached hydrogen (secondary N) is 1. The molecule has 5 rings (SSSR count). The molecule has 0 amide bonds. The first-order valence-corrected chi connectivity index (χ1v) is 10.8. The average Bonchev–Trinajstić information content (AvgIpc) is 3.22. The molecule has 2 aromatic heterocycles. The SMILES string of the molecule is N#Cc1c(N)nc(N)nc1[C@]1(N)CN[C@H](c2nc3cccc(Cl)c3c(=O)n2-c2ccccc2)C1. The number of hydrogen-bond acceptors (Lipinski definition) is 9. The first kappa shape index (κ1) is 21.8. The molecule has 0 aliphatic carbocycles. The van der Waals surface area contributed by atoms with Crippen molar-refractivity contribution < 1.29 is 0 Å². The van der Waals surface area contributed by atoms with Crippen LogP contribution in [0.4, 0.5) is 11.8 Å². The second-order valence-corrected chi connectivity index (χ2v) is 8.58. The number of para-hydroxylation sites is 1. The summed E-state index contributed by atoms with van der Waals surface area (Å²) in [5, 5.41) is 13.6. The minimum Gasteiger partial charge on any atom is -0.382 e. The molecule has 0 spiro atoms. The van der Waals surface area contributed by atoms with E-state index in [1.165, 1.54) is 4.57 Å². The van der Waals surface area contributed by atoms with Crippen LogP contribution in [0.1, 0.15) is 29.5 Å². The molecule has 4 aromatic rings. The number of anilines is 2. The summed E-state index contributed by atoms with van der Waals surface area (Å²) < 4.78 is 1.53. The molecule has 0 unspecified atom stereocenters. The number of hydrogen-bond donors (Lipinski definition) is 4. The Morgan fingerprint density at radius 1 is 1.12 bits per heavy atom. The zero-order valence-corrected chi connectivity index (χ0v) is 18.6. The van der Waals surface area contributed by atoms with Crippen molar-refractivity contribution in [2.75, 3.05) is 18.0 Å². The number of halogens is 1. The predicted molar refractivity (Wildman–Crippen MR) is 129 cm³/mol. The van der Waals surface area contributed by atoms with Crippen LogP contribution in [0, 0.1) is 11.3 Å². The number of nitriles is 1. The fraction of sp³-hybridized carbons (Fsp3) is 0.174. The molecule has 2 atom stereocenters. The number of nitrogen functional groups attached to an aromatic ring is 2. The highest BCUT2D eigenvalue weighted by Crippen LogP contribution is 2.37. The summed E-state index contributed by atoms with van der Waals surface area (Å²) in [4.78, 5) is 26.5. The summed E-state index contributed by atoms with van der Waals surface area (Å²) in [6.07, 6.45) is 0.281. The molecule has 34 heavy (non-hydrogen) atoms. The monoisotopic (exact) mass is 473 g/mol. The molecule has 1 saturated heterocycles. The lowest BCUT2D eigenvalue weighted by atomic mass is 9.89. The molecule has 10 nitrogen and oxygen atoms in total. The fourth-order valence-corrected chi connectivity index (χ4v) is 4.66. The van der Waals surface area contributed by atoms with Gasteiger partial charge in [0.15, 0.2) is 0 Å². The lowest BCUT2D eigenvalue weighted by Gasteiger charge is -2.24. The third kappa shape index (κ3) is 3.43. The maximum atomic E-state index is 13.6. The molecule has 11 heteroatoms. The highest BCUT2D eigenvalue weighted by Gasteiger charge is 2.43. The van der Waals surface area contributed by atoms with E-state index >= 15 is 0 Å². The van der Waals surface area contributed by atoms with E-state index in [9.17, 15) is 10.1 Å². The molecule has 0 saturated carbocycles. The van der Waals surface area contributed by atoms with Crippen molar-refractivity contribution in [3.63, 3.8) is 0 Å². The highest BCUT2D eigenvalue weighted by atomic mass is 35.5. The molecule has 1 aliphatic rings. The molecule has 1 fully saturated rings. The first-order chi connectivity index (χ1) is 16.3. The molecule has 1 aliphatic heterocycles. The van der Waals surface area contributed by atoms with Crippen LogP contribution >= 0.6 is 11.6 Å². The second kappa shape index (κ2) is 8.07. The quantitative estimate of drug-likeness (QED) is 0.345. The summed E-state index contributed by atoms with van der Waals surface area (Å²) >= 11 is 6.36. The molecule has 2 aromatic carbocycles. The Balaban J connectivity index is 1.68. The normalized spacial score (nSPS) is 19.9. The number of nitrogens with zero attached hydrogens (tertiary/aromatic N) is 5. The van der Waals surface area contributed by atoms with Gasteiger partial charge < -0.3 is 22.5 Å². The van der Waals surface area contributed by atoms with Crippen LogP contribution < -0.4 is 28.1 Å². The fourth-order valence-electron chi connectivity index (χ4n) is 4.41. The van der Waals surface area contributed by atoms with Gasteiger partial charge in [0.25, 0.3) is 5.56 Å². The van der Waals surface area contributed by atoms with Gasteiger partial charge in [0.2, 0.25) is 5.95 Å². The van der Waals surface area contributed by atoms with Gasteiger partial charge in [-0.1, -0.05) is 35.9 Å². The van der Waals surface area contributed by atoms with Crippen LogP contribution in [0.5, 0.6) is 0 Å². The zero-order valence-electron chi connectivity index (χ0n) is 17.9. The van der Waals surface area contributed by atoms with E-state index in [2.05, 4.69) is 15.3 Å². The van der Waals surface area contributed by atoms with Crippen molar-refractivity contribution in [3.8, 4) is 11.8 Å². The molecular formula is C23H20ClN9O. The van der Waals surface area contributed by atoms with Gasteiger partial charge >= 0.3 is 0 Å². The lowest BCUT2D eigenvalue weighted by molar-refractivity contribution is 0.459. The maximum Gasteiger partial charge on any atom is 0.267 e. The smallest absolute Gasteiger partial charge is 0.267 e. The van der Waals surface area contributed by atoms with Gasteiger partial charge in [0.05, 0.1) is 38.9 Å². The number of benzene rings is 2. The van der Waals surface area contributed by atoms with Gasteiger partial charge in [-0.2, -0.15) is 10.2 Å². The van der Waals surface area contributed by atoms with E-state index < -0.39 is 11.6 Å². The average molecular weight is 474 g/mol. The van der Waals surface area contributed by atoms with E-state index in [0.29, 0.717) is 27.4 Å². The van der Waals surface area contributed by atoms with Gasteiger partial charge in [-0.05, 0) is 30.7 Å². The largest absolute Gasteiger partial charge is 0.382 e. The van der Waals surface area contributed by atoms with Crippen molar-refractivity contribution in [1.29, 1.82) is 5.26 Å². The van der Waals surface area contributed by atoms with Crippen molar-refractivity contribution in [2.24, 2.45) is 5.73 Å².